The van der Waals surface area contributed by atoms with Gasteiger partial charge in [0.15, 0.2) is 0 Å². The minimum atomic E-state index is -3.42. The van der Waals surface area contributed by atoms with Gasteiger partial charge >= 0.3 is 0 Å². The number of carbonyl (C=O) groups excluding carboxylic acids is 1. The number of piperidine rings is 1. The second-order valence-electron chi connectivity index (χ2n) is 7.39. The lowest BCUT2D eigenvalue weighted by Gasteiger charge is -2.25. The molecule has 1 aromatic rings. The van der Waals surface area contributed by atoms with E-state index in [1.54, 1.807) is 28.6 Å². The maximum atomic E-state index is 12.7. The average molecular weight is 416 g/mol. The monoisotopic (exact) mass is 415 g/mol. The van der Waals surface area contributed by atoms with E-state index in [9.17, 15) is 13.2 Å². The molecule has 152 valence electrons. The fourth-order valence-corrected chi connectivity index (χ4v) is 5.50. The maximum Gasteiger partial charge on any atom is 0.243 e. The number of nitrogens with two attached hydrogens (primary N) is 1. The van der Waals surface area contributed by atoms with Gasteiger partial charge in [-0.25, -0.2) is 8.42 Å². The van der Waals surface area contributed by atoms with Gasteiger partial charge in [-0.2, -0.15) is 4.31 Å². The number of carbonyl (C=O) groups is 1. The number of nitrogens with zero attached hydrogens (tertiary/aromatic N) is 1. The minimum absolute atomic E-state index is 0. The molecule has 1 aromatic carbocycles. The van der Waals surface area contributed by atoms with Crippen LogP contribution in [0.1, 0.15) is 44.1 Å². The van der Waals surface area contributed by atoms with Gasteiger partial charge in [-0.1, -0.05) is 25.0 Å². The maximum absolute atomic E-state index is 12.7. The Morgan fingerprint density at radius 2 is 1.74 bits per heavy atom. The highest BCUT2D eigenvalue weighted by Crippen LogP contribution is 2.25. The zero-order valence-electron chi connectivity index (χ0n) is 15.6. The summed E-state index contributed by atoms with van der Waals surface area (Å²) in [7, 11) is -3.42. The van der Waals surface area contributed by atoms with Crippen molar-refractivity contribution in [3.63, 3.8) is 0 Å². The smallest absolute Gasteiger partial charge is 0.243 e. The summed E-state index contributed by atoms with van der Waals surface area (Å²) in [5.41, 5.74) is 6.58. The van der Waals surface area contributed by atoms with Crippen molar-refractivity contribution in [3.8, 4) is 0 Å². The number of halogens is 1. The minimum Gasteiger partial charge on any atom is -0.353 e. The Morgan fingerprint density at radius 1 is 1.07 bits per heavy atom. The van der Waals surface area contributed by atoms with Crippen molar-refractivity contribution < 1.29 is 13.2 Å². The van der Waals surface area contributed by atoms with Crippen LogP contribution in [0, 0.1) is 5.92 Å². The average Bonchev–Trinajstić information content (AvgIpc) is 3.10. The fourth-order valence-electron chi connectivity index (χ4n) is 3.99. The summed E-state index contributed by atoms with van der Waals surface area (Å²) in [5.74, 6) is 0.345. The summed E-state index contributed by atoms with van der Waals surface area (Å²) >= 11 is 0. The van der Waals surface area contributed by atoms with Gasteiger partial charge in [-0.05, 0) is 55.8 Å². The van der Waals surface area contributed by atoms with Crippen LogP contribution in [0.3, 0.4) is 0 Å². The highest BCUT2D eigenvalue weighted by molar-refractivity contribution is 7.89. The Balaban J connectivity index is 0.00000261. The molecule has 2 atom stereocenters. The first-order chi connectivity index (χ1) is 12.5. The van der Waals surface area contributed by atoms with Gasteiger partial charge < -0.3 is 11.1 Å². The Morgan fingerprint density at radius 3 is 2.37 bits per heavy atom. The van der Waals surface area contributed by atoms with Crippen molar-refractivity contribution in [3.05, 3.63) is 29.8 Å². The van der Waals surface area contributed by atoms with Crippen molar-refractivity contribution in [2.75, 3.05) is 19.6 Å². The molecule has 1 heterocycles. The van der Waals surface area contributed by atoms with E-state index in [2.05, 4.69) is 5.32 Å². The third-order valence-corrected chi connectivity index (χ3v) is 7.46. The second kappa shape index (κ2) is 9.87. The van der Waals surface area contributed by atoms with E-state index in [4.69, 9.17) is 5.73 Å². The lowest BCUT2D eigenvalue weighted by molar-refractivity contribution is -0.121. The first kappa shape index (κ1) is 22.1. The van der Waals surface area contributed by atoms with Gasteiger partial charge in [0.1, 0.15) is 0 Å². The van der Waals surface area contributed by atoms with Crippen molar-refractivity contribution >= 4 is 28.3 Å². The van der Waals surface area contributed by atoms with Crippen molar-refractivity contribution in [2.24, 2.45) is 11.7 Å². The van der Waals surface area contributed by atoms with E-state index < -0.39 is 10.0 Å². The summed E-state index contributed by atoms with van der Waals surface area (Å²) in [5, 5.41) is 3.08. The summed E-state index contributed by atoms with van der Waals surface area (Å²) in [6, 6.07) is 6.89. The van der Waals surface area contributed by atoms with Crippen molar-refractivity contribution in [1.29, 1.82) is 0 Å². The van der Waals surface area contributed by atoms with E-state index in [0.717, 1.165) is 44.1 Å². The van der Waals surface area contributed by atoms with Crippen LogP contribution in [-0.4, -0.2) is 44.3 Å². The van der Waals surface area contributed by atoms with Crippen molar-refractivity contribution in [1.82, 2.24) is 9.62 Å². The van der Waals surface area contributed by atoms with Crippen LogP contribution in [-0.2, 0) is 21.2 Å². The van der Waals surface area contributed by atoms with Crippen molar-refractivity contribution in [2.45, 2.75) is 55.9 Å². The summed E-state index contributed by atoms with van der Waals surface area (Å²) in [4.78, 5) is 12.6. The normalized spacial score (nSPS) is 23.6. The van der Waals surface area contributed by atoms with E-state index in [0.29, 0.717) is 30.4 Å². The standard InChI is InChI=1S/C19H29N3O3S.ClH/c20-14-16-5-4-6-18(16)21-19(23)13-15-7-9-17(10-8-15)26(24,25)22-11-2-1-3-12-22;/h7-10,16,18H,1-6,11-14,20H2,(H,21,23);1H. The SMILES string of the molecule is Cl.NCC1CCCC1NC(=O)Cc1ccc(S(=O)(=O)N2CCCCC2)cc1. The lowest BCUT2D eigenvalue weighted by Crippen LogP contribution is -2.40. The van der Waals surface area contributed by atoms with E-state index in [1.807, 2.05) is 0 Å². The van der Waals surface area contributed by atoms with E-state index in [1.165, 1.54) is 0 Å². The molecule has 2 unspecified atom stereocenters. The highest BCUT2D eigenvalue weighted by atomic mass is 35.5. The molecule has 1 amide bonds. The molecule has 0 aromatic heterocycles. The van der Waals surface area contributed by atoms with Crippen LogP contribution in [0.25, 0.3) is 0 Å². The predicted molar refractivity (Wildman–Crippen MR) is 108 cm³/mol. The molecule has 3 N–H and O–H groups in total. The Hall–Kier alpha value is -1.15. The molecule has 6 nitrogen and oxygen atoms in total. The summed E-state index contributed by atoms with van der Waals surface area (Å²) in [6.45, 7) is 1.79. The molecule has 0 bridgehead atoms. The number of rotatable bonds is 6. The van der Waals surface area contributed by atoms with Gasteiger partial charge in [0.05, 0.1) is 11.3 Å². The van der Waals surface area contributed by atoms with E-state index >= 15 is 0 Å². The van der Waals surface area contributed by atoms with Crippen LogP contribution >= 0.6 is 12.4 Å². The highest BCUT2D eigenvalue weighted by Gasteiger charge is 2.28. The number of amides is 1. The fraction of sp³-hybridized carbons (Fsp3) is 0.632. The Labute approximate surface area is 168 Å². The molecule has 8 heteroatoms. The van der Waals surface area contributed by atoms with Crippen LogP contribution in [0.15, 0.2) is 29.2 Å². The lowest BCUT2D eigenvalue weighted by atomic mass is 10.0. The Kier molecular flexibility index (Phi) is 8.09. The molecule has 27 heavy (non-hydrogen) atoms. The number of nitrogens with one attached hydrogen (secondary N) is 1. The van der Waals surface area contributed by atoms with E-state index in [-0.39, 0.29) is 30.8 Å². The molecule has 2 fully saturated rings. The quantitative estimate of drug-likeness (QED) is 0.743. The van der Waals surface area contributed by atoms with Gasteiger partial charge in [-0.3, -0.25) is 4.79 Å². The predicted octanol–water partition coefficient (Wildman–Crippen LogP) is 2.07. The molecule has 1 aliphatic carbocycles. The molecular weight excluding hydrogens is 386 g/mol. The van der Waals surface area contributed by atoms with Crippen LogP contribution in [0.5, 0.6) is 0 Å². The molecule has 1 aliphatic heterocycles. The number of benzene rings is 1. The van der Waals surface area contributed by atoms with Gasteiger partial charge in [0, 0.05) is 19.1 Å². The first-order valence-corrected chi connectivity index (χ1v) is 11.0. The first-order valence-electron chi connectivity index (χ1n) is 9.59. The molecule has 3 rings (SSSR count). The molecule has 1 saturated carbocycles. The second-order valence-corrected chi connectivity index (χ2v) is 9.32. The molecule has 1 saturated heterocycles. The zero-order chi connectivity index (χ0) is 18.6. The van der Waals surface area contributed by atoms with Gasteiger partial charge in [-0.15, -0.1) is 12.4 Å². The van der Waals surface area contributed by atoms with Crippen LogP contribution in [0.2, 0.25) is 0 Å². The Bertz CT molecular complexity index is 718. The zero-order valence-corrected chi connectivity index (χ0v) is 17.2. The third kappa shape index (κ3) is 5.44. The van der Waals surface area contributed by atoms with Gasteiger partial charge in [0.25, 0.3) is 0 Å². The largest absolute Gasteiger partial charge is 0.353 e. The molecule has 0 radical (unpaired) electrons. The molecule has 2 aliphatic rings. The number of sulfonamides is 1. The van der Waals surface area contributed by atoms with Gasteiger partial charge in [0.2, 0.25) is 15.9 Å². The summed E-state index contributed by atoms with van der Waals surface area (Å²) < 4.78 is 26.9. The molecule has 0 spiro atoms. The third-order valence-electron chi connectivity index (χ3n) is 5.55. The van der Waals surface area contributed by atoms with Crippen LogP contribution < -0.4 is 11.1 Å². The summed E-state index contributed by atoms with van der Waals surface area (Å²) in [6.07, 6.45) is 6.36. The molecular formula is C19H30ClN3O3S. The topological polar surface area (TPSA) is 92.5 Å². The van der Waals surface area contributed by atoms with Crippen LogP contribution in [0.4, 0.5) is 0 Å². The number of hydrogen-bond acceptors (Lipinski definition) is 4. The number of hydrogen-bond donors (Lipinski definition) is 2.